The van der Waals surface area contributed by atoms with E-state index >= 15 is 0 Å². The normalized spacial score (nSPS) is 16.2. The van der Waals surface area contributed by atoms with Crippen molar-refractivity contribution in [1.82, 2.24) is 14.5 Å². The Bertz CT molecular complexity index is 950. The molecule has 25 heavy (non-hydrogen) atoms. The predicted molar refractivity (Wildman–Crippen MR) is 96.8 cm³/mol. The first-order valence-electron chi connectivity index (χ1n) is 7.86. The summed E-state index contributed by atoms with van der Waals surface area (Å²) in [5.41, 5.74) is 1.71. The van der Waals surface area contributed by atoms with Gasteiger partial charge in [-0.25, -0.2) is 13.5 Å². The van der Waals surface area contributed by atoms with Crippen LogP contribution in [-0.2, 0) is 10.0 Å². The molecule has 2 heterocycles. The number of aromatic nitrogens is 2. The van der Waals surface area contributed by atoms with Crippen LogP contribution in [0.5, 0.6) is 0 Å². The number of H-pyrrole nitrogens is 1. The molecule has 0 atom stereocenters. The van der Waals surface area contributed by atoms with Gasteiger partial charge in [-0.3, -0.25) is 4.79 Å². The molecule has 1 aromatic carbocycles. The van der Waals surface area contributed by atoms with Crippen LogP contribution in [0.1, 0.15) is 11.1 Å². The summed E-state index contributed by atoms with van der Waals surface area (Å²) in [5, 5.41) is 6.11. The van der Waals surface area contributed by atoms with Crippen LogP contribution >= 0.6 is 11.6 Å². The third-order valence-corrected chi connectivity index (χ3v) is 6.72. The lowest BCUT2D eigenvalue weighted by Crippen LogP contribution is -2.49. The van der Waals surface area contributed by atoms with E-state index in [1.54, 1.807) is 13.0 Å². The Morgan fingerprint density at radius 3 is 2.52 bits per heavy atom. The largest absolute Gasteiger partial charge is 0.366 e. The summed E-state index contributed by atoms with van der Waals surface area (Å²) in [5.74, 6) is 0. The number of hydrogen-bond donors (Lipinski definition) is 1. The zero-order valence-corrected chi connectivity index (χ0v) is 15.6. The molecule has 9 heteroatoms. The minimum Gasteiger partial charge on any atom is -0.366 e. The van der Waals surface area contributed by atoms with E-state index in [1.807, 2.05) is 24.0 Å². The standard InChI is InChI=1S/C16H19ClN4O3S/c1-11-3-4-12(2)14(9-11)25(23,24)21-7-5-20(6-8-21)13-10-18-19-16(22)15(13)17/h3-4,9-10H,5-8H2,1-2H3,(H,19,22). The van der Waals surface area contributed by atoms with Crippen molar-refractivity contribution in [2.24, 2.45) is 0 Å². The Morgan fingerprint density at radius 1 is 1.16 bits per heavy atom. The molecular formula is C16H19ClN4O3S. The van der Waals surface area contributed by atoms with Gasteiger partial charge in [-0.15, -0.1) is 0 Å². The number of anilines is 1. The van der Waals surface area contributed by atoms with Crippen LogP contribution in [0.2, 0.25) is 5.02 Å². The van der Waals surface area contributed by atoms with Crippen LogP contribution in [0.25, 0.3) is 0 Å². The average molecular weight is 383 g/mol. The van der Waals surface area contributed by atoms with E-state index in [4.69, 9.17) is 11.6 Å². The molecule has 2 aromatic rings. The summed E-state index contributed by atoms with van der Waals surface area (Å²) >= 11 is 6.03. The van der Waals surface area contributed by atoms with Gasteiger partial charge in [0.1, 0.15) is 5.02 Å². The van der Waals surface area contributed by atoms with Gasteiger partial charge in [0.2, 0.25) is 10.0 Å². The lowest BCUT2D eigenvalue weighted by molar-refractivity contribution is 0.384. The van der Waals surface area contributed by atoms with Crippen LogP contribution in [0.15, 0.2) is 34.1 Å². The zero-order valence-electron chi connectivity index (χ0n) is 14.0. The quantitative estimate of drug-likeness (QED) is 0.870. The molecule has 134 valence electrons. The fraction of sp³-hybridized carbons (Fsp3) is 0.375. The molecule has 0 amide bonds. The van der Waals surface area contributed by atoms with Crippen molar-refractivity contribution in [3.05, 3.63) is 50.9 Å². The van der Waals surface area contributed by atoms with Crippen molar-refractivity contribution >= 4 is 27.3 Å². The molecular weight excluding hydrogens is 364 g/mol. The summed E-state index contributed by atoms with van der Waals surface area (Å²) in [6, 6.07) is 5.42. The van der Waals surface area contributed by atoms with Crippen molar-refractivity contribution in [2.75, 3.05) is 31.1 Å². The number of piperazine rings is 1. The Balaban J connectivity index is 1.81. The predicted octanol–water partition coefficient (Wildman–Crippen LogP) is 1.55. The molecule has 0 bridgehead atoms. The maximum absolute atomic E-state index is 12.9. The maximum atomic E-state index is 12.9. The fourth-order valence-corrected chi connectivity index (χ4v) is 4.83. The number of aryl methyl sites for hydroxylation is 2. The Hall–Kier alpha value is -1.90. The molecule has 7 nitrogen and oxygen atoms in total. The highest BCUT2D eigenvalue weighted by atomic mass is 35.5. The number of nitrogens with one attached hydrogen (secondary N) is 1. The highest BCUT2D eigenvalue weighted by molar-refractivity contribution is 7.89. The van der Waals surface area contributed by atoms with Gasteiger partial charge in [-0.1, -0.05) is 23.7 Å². The van der Waals surface area contributed by atoms with Crippen LogP contribution in [0, 0.1) is 13.8 Å². The van der Waals surface area contributed by atoms with E-state index in [9.17, 15) is 13.2 Å². The summed E-state index contributed by atoms with van der Waals surface area (Å²) < 4.78 is 27.3. The van der Waals surface area contributed by atoms with Crippen LogP contribution < -0.4 is 10.5 Å². The van der Waals surface area contributed by atoms with E-state index in [1.165, 1.54) is 10.5 Å². The van der Waals surface area contributed by atoms with Crippen LogP contribution in [0.3, 0.4) is 0 Å². The molecule has 0 radical (unpaired) electrons. The zero-order chi connectivity index (χ0) is 18.2. The molecule has 1 fully saturated rings. The Morgan fingerprint density at radius 2 is 1.84 bits per heavy atom. The number of benzene rings is 1. The van der Waals surface area contributed by atoms with Crippen LogP contribution in [0.4, 0.5) is 5.69 Å². The molecule has 0 spiro atoms. The van der Waals surface area contributed by atoms with E-state index in [0.29, 0.717) is 36.8 Å². The van der Waals surface area contributed by atoms with E-state index in [-0.39, 0.29) is 5.02 Å². The van der Waals surface area contributed by atoms with Gasteiger partial charge < -0.3 is 4.90 Å². The monoisotopic (exact) mass is 382 g/mol. The molecule has 1 saturated heterocycles. The number of sulfonamides is 1. The van der Waals surface area contributed by atoms with E-state index in [2.05, 4.69) is 10.2 Å². The Kier molecular flexibility index (Phi) is 4.86. The van der Waals surface area contributed by atoms with Gasteiger partial charge in [0.05, 0.1) is 16.8 Å². The lowest BCUT2D eigenvalue weighted by Gasteiger charge is -2.35. The maximum Gasteiger partial charge on any atom is 0.285 e. The van der Waals surface area contributed by atoms with Gasteiger partial charge in [-0.2, -0.15) is 9.40 Å². The minimum atomic E-state index is -3.55. The number of hydrogen-bond acceptors (Lipinski definition) is 5. The van der Waals surface area contributed by atoms with Gasteiger partial charge >= 0.3 is 0 Å². The first-order chi connectivity index (χ1) is 11.8. The molecule has 0 saturated carbocycles. The van der Waals surface area contributed by atoms with E-state index in [0.717, 1.165) is 11.1 Å². The highest BCUT2D eigenvalue weighted by Gasteiger charge is 2.30. The molecule has 1 aromatic heterocycles. The summed E-state index contributed by atoms with van der Waals surface area (Å²) in [6.45, 7) is 5.18. The summed E-state index contributed by atoms with van der Waals surface area (Å²) in [6.07, 6.45) is 1.48. The van der Waals surface area contributed by atoms with E-state index < -0.39 is 15.6 Å². The Labute approximate surface area is 151 Å². The second-order valence-electron chi connectivity index (χ2n) is 6.06. The molecule has 1 aliphatic rings. The lowest BCUT2D eigenvalue weighted by atomic mass is 10.2. The van der Waals surface area contributed by atoms with Gasteiger partial charge in [0.25, 0.3) is 5.56 Å². The van der Waals surface area contributed by atoms with Crippen molar-refractivity contribution in [2.45, 2.75) is 18.7 Å². The van der Waals surface area contributed by atoms with Crippen molar-refractivity contribution < 1.29 is 8.42 Å². The number of rotatable bonds is 3. The molecule has 1 N–H and O–H groups in total. The topological polar surface area (TPSA) is 86.4 Å². The highest BCUT2D eigenvalue weighted by Crippen LogP contribution is 2.25. The third-order valence-electron chi connectivity index (χ3n) is 4.32. The van der Waals surface area contributed by atoms with Crippen molar-refractivity contribution in [3.63, 3.8) is 0 Å². The fourth-order valence-electron chi connectivity index (χ4n) is 2.89. The third kappa shape index (κ3) is 3.42. The summed E-state index contributed by atoms with van der Waals surface area (Å²) in [4.78, 5) is 13.8. The van der Waals surface area contributed by atoms with Crippen LogP contribution in [-0.4, -0.2) is 49.1 Å². The van der Waals surface area contributed by atoms with Crippen molar-refractivity contribution in [1.29, 1.82) is 0 Å². The van der Waals surface area contributed by atoms with Gasteiger partial charge in [0, 0.05) is 26.2 Å². The average Bonchev–Trinajstić information content (AvgIpc) is 2.59. The first kappa shape index (κ1) is 17.9. The smallest absolute Gasteiger partial charge is 0.285 e. The second kappa shape index (κ2) is 6.78. The molecule has 3 rings (SSSR count). The first-order valence-corrected chi connectivity index (χ1v) is 9.68. The molecule has 0 aliphatic carbocycles. The number of halogens is 1. The molecule has 1 aliphatic heterocycles. The van der Waals surface area contributed by atoms with Gasteiger partial charge in [0.15, 0.2) is 0 Å². The molecule has 0 unspecified atom stereocenters. The SMILES string of the molecule is Cc1ccc(C)c(S(=O)(=O)N2CCN(c3cn[nH]c(=O)c3Cl)CC2)c1. The number of aromatic amines is 1. The second-order valence-corrected chi connectivity index (χ2v) is 8.34. The van der Waals surface area contributed by atoms with Gasteiger partial charge in [-0.05, 0) is 31.0 Å². The van der Waals surface area contributed by atoms with Crippen molar-refractivity contribution in [3.8, 4) is 0 Å². The minimum absolute atomic E-state index is 0.0702. The number of nitrogens with zero attached hydrogens (tertiary/aromatic N) is 3. The summed E-state index contributed by atoms with van der Waals surface area (Å²) in [7, 11) is -3.55.